The third-order valence-electron chi connectivity index (χ3n) is 2.54. The van der Waals surface area contributed by atoms with E-state index >= 15 is 0 Å². The van der Waals surface area contributed by atoms with E-state index in [0.717, 1.165) is 29.2 Å². The van der Waals surface area contributed by atoms with Gasteiger partial charge < -0.3 is 11.1 Å². The Labute approximate surface area is 81.1 Å². The molecule has 0 radical (unpaired) electrons. The van der Waals surface area contributed by atoms with Gasteiger partial charge >= 0.3 is 0 Å². The normalized spacial score (nSPS) is 12.9. The van der Waals surface area contributed by atoms with Crippen LogP contribution in [0.25, 0.3) is 11.3 Å². The topological polar surface area (TPSA) is 66.7 Å². The zero-order chi connectivity index (χ0) is 9.54. The Balaban J connectivity index is 2.31. The van der Waals surface area contributed by atoms with Crippen molar-refractivity contribution < 1.29 is 0 Å². The van der Waals surface area contributed by atoms with Crippen LogP contribution in [0.4, 0.5) is 11.4 Å². The van der Waals surface area contributed by atoms with E-state index in [9.17, 15) is 0 Å². The van der Waals surface area contributed by atoms with E-state index in [-0.39, 0.29) is 0 Å². The summed E-state index contributed by atoms with van der Waals surface area (Å²) in [4.78, 5) is 0. The van der Waals surface area contributed by atoms with Crippen molar-refractivity contribution in [3.05, 3.63) is 30.0 Å². The van der Waals surface area contributed by atoms with E-state index < -0.39 is 0 Å². The summed E-state index contributed by atoms with van der Waals surface area (Å²) in [5, 5.41) is 10.3. The molecule has 0 aliphatic carbocycles. The van der Waals surface area contributed by atoms with E-state index in [1.807, 2.05) is 24.4 Å². The minimum absolute atomic E-state index is 0.780. The molecule has 4 nitrogen and oxygen atoms in total. The lowest BCUT2D eigenvalue weighted by Gasteiger charge is -2.19. The van der Waals surface area contributed by atoms with Crippen molar-refractivity contribution in [2.45, 2.75) is 6.54 Å². The third kappa shape index (κ3) is 0.849. The first-order chi connectivity index (χ1) is 6.86. The molecular formula is C10H10N4. The molecule has 0 amide bonds. The van der Waals surface area contributed by atoms with Gasteiger partial charge in [0.2, 0.25) is 0 Å². The van der Waals surface area contributed by atoms with Crippen LogP contribution in [0.2, 0.25) is 0 Å². The zero-order valence-corrected chi connectivity index (χ0v) is 7.54. The Morgan fingerprint density at radius 2 is 2.29 bits per heavy atom. The van der Waals surface area contributed by atoms with Crippen LogP contribution in [0.3, 0.4) is 0 Å². The number of aromatic amines is 1. The van der Waals surface area contributed by atoms with Crippen LogP contribution in [0.1, 0.15) is 5.56 Å². The zero-order valence-electron chi connectivity index (χ0n) is 7.54. The SMILES string of the molecule is Nc1cccc2c1NCc1cn[nH]c1-2. The summed E-state index contributed by atoms with van der Waals surface area (Å²) >= 11 is 0. The van der Waals surface area contributed by atoms with Crippen LogP contribution in [0.5, 0.6) is 0 Å². The van der Waals surface area contributed by atoms with E-state index in [1.54, 1.807) is 0 Å². The molecule has 4 N–H and O–H groups in total. The molecule has 0 saturated carbocycles. The van der Waals surface area contributed by atoms with Crippen molar-refractivity contribution >= 4 is 11.4 Å². The maximum atomic E-state index is 5.87. The predicted octanol–water partition coefficient (Wildman–Crippen LogP) is 1.58. The fraction of sp³-hybridized carbons (Fsp3) is 0.100. The number of nitrogens with zero attached hydrogens (tertiary/aromatic N) is 1. The fourth-order valence-corrected chi connectivity index (χ4v) is 1.84. The quantitative estimate of drug-likeness (QED) is 0.547. The van der Waals surface area contributed by atoms with Crippen molar-refractivity contribution in [1.82, 2.24) is 10.2 Å². The summed E-state index contributed by atoms with van der Waals surface area (Å²) in [7, 11) is 0. The van der Waals surface area contributed by atoms with Gasteiger partial charge in [0.25, 0.3) is 0 Å². The summed E-state index contributed by atoms with van der Waals surface area (Å²) in [6, 6.07) is 5.88. The van der Waals surface area contributed by atoms with Gasteiger partial charge in [-0.25, -0.2) is 0 Å². The number of fused-ring (bicyclic) bond motifs is 3. The highest BCUT2D eigenvalue weighted by molar-refractivity contribution is 5.87. The number of benzene rings is 1. The molecule has 14 heavy (non-hydrogen) atoms. The molecule has 1 aliphatic rings. The number of H-pyrrole nitrogens is 1. The molecule has 3 rings (SSSR count). The molecule has 0 atom stereocenters. The Bertz CT molecular complexity index is 487. The summed E-state index contributed by atoms with van der Waals surface area (Å²) in [6.45, 7) is 0.785. The van der Waals surface area contributed by atoms with Gasteiger partial charge in [0.1, 0.15) is 0 Å². The minimum Gasteiger partial charge on any atom is -0.397 e. The first-order valence-electron chi connectivity index (χ1n) is 4.51. The number of aromatic nitrogens is 2. The predicted molar refractivity (Wildman–Crippen MR) is 55.8 cm³/mol. The first-order valence-corrected chi connectivity index (χ1v) is 4.51. The van der Waals surface area contributed by atoms with Crippen molar-refractivity contribution in [2.24, 2.45) is 0 Å². The summed E-state index contributed by atoms with van der Waals surface area (Å²) in [5.41, 5.74) is 11.0. The van der Waals surface area contributed by atoms with Gasteiger partial charge in [0.05, 0.1) is 23.3 Å². The molecule has 0 unspecified atom stereocenters. The molecular weight excluding hydrogens is 176 g/mol. The lowest BCUT2D eigenvalue weighted by atomic mass is 10.0. The van der Waals surface area contributed by atoms with Crippen molar-refractivity contribution in [2.75, 3.05) is 11.1 Å². The second-order valence-corrected chi connectivity index (χ2v) is 3.39. The monoisotopic (exact) mass is 186 g/mol. The van der Waals surface area contributed by atoms with Crippen LogP contribution in [-0.4, -0.2) is 10.2 Å². The molecule has 70 valence electrons. The second-order valence-electron chi connectivity index (χ2n) is 3.39. The van der Waals surface area contributed by atoms with Gasteiger partial charge in [-0.05, 0) is 6.07 Å². The number of para-hydroxylation sites is 1. The molecule has 2 heterocycles. The Kier molecular flexibility index (Phi) is 1.33. The lowest BCUT2D eigenvalue weighted by Crippen LogP contribution is -2.09. The number of hydrogen-bond donors (Lipinski definition) is 3. The number of anilines is 2. The molecule has 1 aromatic heterocycles. The molecule has 0 bridgehead atoms. The van der Waals surface area contributed by atoms with Crippen LogP contribution in [0, 0.1) is 0 Å². The molecule has 0 spiro atoms. The number of nitrogen functional groups attached to an aromatic ring is 1. The van der Waals surface area contributed by atoms with Gasteiger partial charge in [-0.1, -0.05) is 12.1 Å². The molecule has 1 aromatic carbocycles. The van der Waals surface area contributed by atoms with E-state index in [4.69, 9.17) is 5.73 Å². The number of rotatable bonds is 0. The minimum atomic E-state index is 0.780. The van der Waals surface area contributed by atoms with Crippen LogP contribution >= 0.6 is 0 Å². The van der Waals surface area contributed by atoms with Crippen LogP contribution in [-0.2, 0) is 6.54 Å². The summed E-state index contributed by atoms with van der Waals surface area (Å²) in [5.74, 6) is 0. The van der Waals surface area contributed by atoms with Crippen molar-refractivity contribution in [3.63, 3.8) is 0 Å². The number of nitrogens with one attached hydrogen (secondary N) is 2. The largest absolute Gasteiger partial charge is 0.397 e. The number of nitrogens with two attached hydrogens (primary N) is 1. The highest BCUT2D eigenvalue weighted by atomic mass is 15.1. The van der Waals surface area contributed by atoms with Gasteiger partial charge in [0.15, 0.2) is 0 Å². The smallest absolute Gasteiger partial charge is 0.0721 e. The van der Waals surface area contributed by atoms with Gasteiger partial charge in [-0.15, -0.1) is 0 Å². The summed E-state index contributed by atoms with van der Waals surface area (Å²) in [6.07, 6.45) is 1.84. The molecule has 0 fully saturated rings. The van der Waals surface area contributed by atoms with Gasteiger partial charge in [-0.2, -0.15) is 5.10 Å². The molecule has 1 aliphatic heterocycles. The van der Waals surface area contributed by atoms with Crippen LogP contribution in [0.15, 0.2) is 24.4 Å². The highest BCUT2D eigenvalue weighted by Gasteiger charge is 2.18. The standard InChI is InChI=1S/C10H10N4/c11-8-3-1-2-7-9-6(5-13-14-9)4-12-10(7)8/h1-3,5,12H,4,11H2,(H,13,14). The molecule has 2 aromatic rings. The molecule has 0 saturated heterocycles. The maximum Gasteiger partial charge on any atom is 0.0721 e. The van der Waals surface area contributed by atoms with Crippen molar-refractivity contribution in [1.29, 1.82) is 0 Å². The molecule has 4 heteroatoms. The second kappa shape index (κ2) is 2.51. The third-order valence-corrected chi connectivity index (χ3v) is 2.54. The fourth-order valence-electron chi connectivity index (χ4n) is 1.84. The Morgan fingerprint density at radius 3 is 3.21 bits per heavy atom. The maximum absolute atomic E-state index is 5.87. The average Bonchev–Trinajstić information content (AvgIpc) is 2.66. The van der Waals surface area contributed by atoms with Crippen LogP contribution < -0.4 is 11.1 Å². The Hall–Kier alpha value is -1.97. The van der Waals surface area contributed by atoms with E-state index in [0.29, 0.717) is 0 Å². The van der Waals surface area contributed by atoms with Gasteiger partial charge in [-0.3, -0.25) is 5.10 Å². The highest BCUT2D eigenvalue weighted by Crippen LogP contribution is 2.37. The lowest BCUT2D eigenvalue weighted by molar-refractivity contribution is 1.09. The van der Waals surface area contributed by atoms with E-state index in [1.165, 1.54) is 5.56 Å². The first kappa shape index (κ1) is 7.44. The average molecular weight is 186 g/mol. The summed E-state index contributed by atoms with van der Waals surface area (Å²) < 4.78 is 0. The van der Waals surface area contributed by atoms with Gasteiger partial charge in [0, 0.05) is 17.7 Å². The number of hydrogen-bond acceptors (Lipinski definition) is 3. The van der Waals surface area contributed by atoms with Crippen molar-refractivity contribution in [3.8, 4) is 11.3 Å². The van der Waals surface area contributed by atoms with E-state index in [2.05, 4.69) is 15.5 Å². The Morgan fingerprint density at radius 1 is 1.36 bits per heavy atom.